The molecule has 1 aliphatic heterocycles. The average molecular weight is 510 g/mol. The van der Waals surface area contributed by atoms with Crippen molar-refractivity contribution < 1.29 is 26.4 Å². The van der Waals surface area contributed by atoms with Crippen LogP contribution in [-0.4, -0.2) is 78.0 Å². The van der Waals surface area contributed by atoms with E-state index in [2.05, 4.69) is 0 Å². The Balaban J connectivity index is 1.53. The fraction of sp³-hybridized carbons (Fsp3) is 0.435. The minimum atomic E-state index is -3.60. The number of ether oxygens (including phenoxy) is 1. The minimum Gasteiger partial charge on any atom is -0.497 e. The van der Waals surface area contributed by atoms with Gasteiger partial charge in [0, 0.05) is 39.1 Å². The lowest BCUT2D eigenvalue weighted by Crippen LogP contribution is -2.50. The third-order valence-electron chi connectivity index (χ3n) is 5.76. The van der Waals surface area contributed by atoms with Crippen LogP contribution in [0.15, 0.2) is 53.4 Å². The lowest BCUT2D eigenvalue weighted by molar-refractivity contribution is -0.132. The number of hydrogen-bond donors (Lipinski definition) is 0. The standard InChI is InChI=1S/C23H31N3O6S2/c1-19-6-12-22(13-7-19)34(30,31)25-17-15-24(16-18-25)23(27)5-4-14-26(33(3,28)29)20-8-10-21(32-2)11-9-20/h6-13H,4-5,14-18H2,1-3H3. The Morgan fingerprint density at radius 1 is 0.941 bits per heavy atom. The molecule has 0 aliphatic carbocycles. The van der Waals surface area contributed by atoms with E-state index in [1.54, 1.807) is 53.4 Å². The molecule has 1 aliphatic rings. The molecule has 0 atom stereocenters. The fourth-order valence-corrected chi connectivity index (χ4v) is 6.19. The second kappa shape index (κ2) is 10.7. The molecule has 11 heteroatoms. The van der Waals surface area contributed by atoms with Crippen LogP contribution in [0.25, 0.3) is 0 Å². The highest BCUT2D eigenvalue weighted by atomic mass is 32.2. The van der Waals surface area contributed by atoms with Crippen LogP contribution in [0, 0.1) is 6.92 Å². The monoisotopic (exact) mass is 509 g/mol. The van der Waals surface area contributed by atoms with Crippen molar-refractivity contribution in [1.29, 1.82) is 0 Å². The highest BCUT2D eigenvalue weighted by Crippen LogP contribution is 2.22. The molecule has 1 saturated heterocycles. The SMILES string of the molecule is COc1ccc(N(CCCC(=O)N2CCN(S(=O)(=O)c3ccc(C)cc3)CC2)S(C)(=O)=O)cc1. The van der Waals surface area contributed by atoms with Crippen LogP contribution in [0.5, 0.6) is 5.75 Å². The van der Waals surface area contributed by atoms with E-state index in [9.17, 15) is 21.6 Å². The third-order valence-corrected chi connectivity index (χ3v) is 8.87. The second-order valence-corrected chi connectivity index (χ2v) is 12.1. The molecular weight excluding hydrogens is 478 g/mol. The quantitative estimate of drug-likeness (QED) is 0.513. The van der Waals surface area contributed by atoms with Crippen molar-refractivity contribution in [1.82, 2.24) is 9.21 Å². The van der Waals surface area contributed by atoms with Crippen molar-refractivity contribution in [2.24, 2.45) is 0 Å². The topological polar surface area (TPSA) is 104 Å². The second-order valence-electron chi connectivity index (χ2n) is 8.23. The molecule has 0 N–H and O–H groups in total. The number of amides is 1. The molecule has 0 saturated carbocycles. The summed E-state index contributed by atoms with van der Waals surface area (Å²) in [6.07, 6.45) is 1.65. The van der Waals surface area contributed by atoms with Crippen LogP contribution < -0.4 is 9.04 Å². The van der Waals surface area contributed by atoms with Gasteiger partial charge in [0.2, 0.25) is 26.0 Å². The van der Waals surface area contributed by atoms with Gasteiger partial charge in [-0.15, -0.1) is 0 Å². The summed E-state index contributed by atoms with van der Waals surface area (Å²) in [5, 5.41) is 0. The molecule has 9 nitrogen and oxygen atoms in total. The number of benzene rings is 2. The molecular formula is C23H31N3O6S2. The molecule has 0 aromatic heterocycles. The van der Waals surface area contributed by atoms with Crippen LogP contribution in [0.1, 0.15) is 18.4 Å². The summed E-state index contributed by atoms with van der Waals surface area (Å²) in [5.74, 6) is 0.506. The highest BCUT2D eigenvalue weighted by molar-refractivity contribution is 7.92. The van der Waals surface area contributed by atoms with Crippen LogP contribution >= 0.6 is 0 Å². The number of nitrogens with zero attached hydrogens (tertiary/aromatic N) is 3. The van der Waals surface area contributed by atoms with E-state index in [0.29, 0.717) is 30.9 Å². The van der Waals surface area contributed by atoms with Gasteiger partial charge in [-0.2, -0.15) is 4.31 Å². The zero-order valence-electron chi connectivity index (χ0n) is 19.7. The maximum Gasteiger partial charge on any atom is 0.243 e. The lowest BCUT2D eigenvalue weighted by atomic mass is 10.2. The molecule has 34 heavy (non-hydrogen) atoms. The first-order valence-corrected chi connectivity index (χ1v) is 14.3. The number of sulfonamides is 2. The van der Waals surface area contributed by atoms with Gasteiger partial charge >= 0.3 is 0 Å². The van der Waals surface area contributed by atoms with Crippen LogP contribution in [0.3, 0.4) is 0 Å². The van der Waals surface area contributed by atoms with Gasteiger partial charge < -0.3 is 9.64 Å². The van der Waals surface area contributed by atoms with E-state index < -0.39 is 20.0 Å². The third kappa shape index (κ3) is 6.28. The van der Waals surface area contributed by atoms with Crippen molar-refractivity contribution >= 4 is 31.6 Å². The van der Waals surface area contributed by atoms with E-state index in [1.807, 2.05) is 6.92 Å². The maximum atomic E-state index is 12.8. The molecule has 0 spiro atoms. The van der Waals surface area contributed by atoms with Gasteiger partial charge in [0.1, 0.15) is 5.75 Å². The molecule has 0 radical (unpaired) electrons. The van der Waals surface area contributed by atoms with E-state index in [0.717, 1.165) is 11.8 Å². The molecule has 1 amide bonds. The van der Waals surface area contributed by atoms with Gasteiger partial charge in [0.15, 0.2) is 0 Å². The largest absolute Gasteiger partial charge is 0.497 e. The molecule has 2 aromatic rings. The van der Waals surface area contributed by atoms with Gasteiger partial charge in [-0.25, -0.2) is 16.8 Å². The van der Waals surface area contributed by atoms with Crippen LogP contribution in [-0.2, 0) is 24.8 Å². The number of aryl methyl sites for hydroxylation is 1. The number of piperazine rings is 1. The van der Waals surface area contributed by atoms with Crippen LogP contribution in [0.2, 0.25) is 0 Å². The lowest BCUT2D eigenvalue weighted by Gasteiger charge is -2.34. The molecule has 2 aromatic carbocycles. The predicted octanol–water partition coefficient (Wildman–Crippen LogP) is 2.08. The maximum absolute atomic E-state index is 12.8. The summed E-state index contributed by atoms with van der Waals surface area (Å²) in [6, 6.07) is 13.4. The van der Waals surface area contributed by atoms with E-state index in [4.69, 9.17) is 4.74 Å². The Labute approximate surface area is 202 Å². The number of hydrogen-bond acceptors (Lipinski definition) is 6. The molecule has 0 unspecified atom stereocenters. The smallest absolute Gasteiger partial charge is 0.243 e. The first-order valence-electron chi connectivity index (χ1n) is 11.0. The highest BCUT2D eigenvalue weighted by Gasteiger charge is 2.30. The minimum absolute atomic E-state index is 0.115. The van der Waals surface area contributed by atoms with Crippen LogP contribution in [0.4, 0.5) is 5.69 Å². The molecule has 186 valence electrons. The summed E-state index contributed by atoms with van der Waals surface area (Å²) in [4.78, 5) is 14.6. The number of rotatable bonds is 9. The van der Waals surface area contributed by atoms with Gasteiger partial charge in [0.05, 0.1) is 23.9 Å². The number of carbonyl (C=O) groups excluding carboxylic acids is 1. The Bertz CT molecular complexity index is 1190. The summed E-state index contributed by atoms with van der Waals surface area (Å²) >= 11 is 0. The first-order chi connectivity index (χ1) is 16.0. The summed E-state index contributed by atoms with van der Waals surface area (Å²) in [5.41, 5.74) is 1.49. The first kappa shape index (κ1) is 26.0. The average Bonchev–Trinajstić information content (AvgIpc) is 2.81. The zero-order valence-corrected chi connectivity index (χ0v) is 21.3. The normalized spacial score (nSPS) is 15.2. The van der Waals surface area contributed by atoms with E-state index in [1.165, 1.54) is 15.7 Å². The van der Waals surface area contributed by atoms with Crippen molar-refractivity contribution in [2.45, 2.75) is 24.7 Å². The van der Waals surface area contributed by atoms with E-state index >= 15 is 0 Å². The zero-order chi connectivity index (χ0) is 24.9. The Morgan fingerprint density at radius 3 is 2.06 bits per heavy atom. The summed E-state index contributed by atoms with van der Waals surface area (Å²) < 4.78 is 58.0. The number of carbonyl (C=O) groups is 1. The molecule has 3 rings (SSSR count). The number of anilines is 1. The number of methoxy groups -OCH3 is 1. The summed E-state index contributed by atoms with van der Waals surface area (Å²) in [6.45, 7) is 3.12. The van der Waals surface area contributed by atoms with Crippen molar-refractivity contribution in [3.63, 3.8) is 0 Å². The molecule has 1 fully saturated rings. The molecule has 1 heterocycles. The van der Waals surface area contributed by atoms with Crippen molar-refractivity contribution in [3.05, 3.63) is 54.1 Å². The Kier molecular flexibility index (Phi) is 8.21. The van der Waals surface area contributed by atoms with Gasteiger partial charge in [0.25, 0.3) is 0 Å². The van der Waals surface area contributed by atoms with Gasteiger partial charge in [-0.1, -0.05) is 17.7 Å². The fourth-order valence-electron chi connectivity index (χ4n) is 3.80. The molecule has 0 bridgehead atoms. The van der Waals surface area contributed by atoms with Crippen molar-refractivity contribution in [3.8, 4) is 5.75 Å². The Morgan fingerprint density at radius 2 is 1.53 bits per heavy atom. The van der Waals surface area contributed by atoms with Gasteiger partial charge in [-0.05, 0) is 49.7 Å². The van der Waals surface area contributed by atoms with E-state index in [-0.39, 0.29) is 36.9 Å². The predicted molar refractivity (Wildman–Crippen MR) is 131 cm³/mol. The van der Waals surface area contributed by atoms with Gasteiger partial charge in [-0.3, -0.25) is 9.10 Å². The van der Waals surface area contributed by atoms with Crippen molar-refractivity contribution in [2.75, 3.05) is 50.4 Å². The Hall–Kier alpha value is -2.63. The summed E-state index contributed by atoms with van der Waals surface area (Å²) in [7, 11) is -5.58.